The number of hydrogen-bond acceptors (Lipinski definition) is 9. The molecule has 14 nitrogen and oxygen atoms in total. The Balaban J connectivity index is 1.41. The number of hydrogen-bond donors (Lipinski definition) is 3. The third kappa shape index (κ3) is 8.29. The molecule has 3 heterocycles. The van der Waals surface area contributed by atoms with E-state index < -0.39 is 64.6 Å². The minimum atomic E-state index is -1.53. The minimum absolute atomic E-state index is 0.0666. The molecule has 1 aliphatic carbocycles. The SMILES string of the molecule is CC(C)(C)OC(=O)N[C@H]1CCCCC/C=C\[C@@H]2C[C@@]2(C(=O)O)NC(=O)[C@@H]2C[C@H](n3ncc(-c4ccc(C#N)cc4)c(-c4ccc(C#N)cc4)c3=O)CN2C1=O. The van der Waals surface area contributed by atoms with Gasteiger partial charge in [-0.25, -0.2) is 14.3 Å². The van der Waals surface area contributed by atoms with E-state index >= 15 is 0 Å². The summed E-state index contributed by atoms with van der Waals surface area (Å²) in [6.07, 6.45) is 7.67. The second kappa shape index (κ2) is 15.6. The number of allylic oxidation sites excluding steroid dienone is 1. The van der Waals surface area contributed by atoms with E-state index in [1.807, 2.05) is 12.2 Å². The van der Waals surface area contributed by atoms with Crippen molar-refractivity contribution in [1.82, 2.24) is 25.3 Å². The predicted octanol–water partition coefficient (Wildman–Crippen LogP) is 4.84. The minimum Gasteiger partial charge on any atom is -0.479 e. The fourth-order valence-corrected chi connectivity index (χ4v) is 7.37. The highest BCUT2D eigenvalue weighted by Gasteiger charge is 2.61. The number of fused-ring (bicyclic) bond motifs is 2. The molecule has 284 valence electrons. The summed E-state index contributed by atoms with van der Waals surface area (Å²) in [7, 11) is 0. The van der Waals surface area contributed by atoms with Gasteiger partial charge in [0.1, 0.15) is 23.2 Å². The van der Waals surface area contributed by atoms with Crippen molar-refractivity contribution >= 4 is 23.9 Å². The average molecular weight is 746 g/mol. The van der Waals surface area contributed by atoms with E-state index in [2.05, 4.69) is 27.9 Å². The molecule has 14 heteroatoms. The van der Waals surface area contributed by atoms with Crippen molar-refractivity contribution in [2.75, 3.05) is 6.54 Å². The second-order valence-corrected chi connectivity index (χ2v) is 15.3. The summed E-state index contributed by atoms with van der Waals surface area (Å²) >= 11 is 0. The van der Waals surface area contributed by atoms with Crippen molar-refractivity contribution in [2.24, 2.45) is 5.92 Å². The van der Waals surface area contributed by atoms with E-state index in [1.54, 1.807) is 69.3 Å². The van der Waals surface area contributed by atoms with E-state index in [4.69, 9.17) is 4.74 Å². The van der Waals surface area contributed by atoms with E-state index in [1.165, 1.54) is 15.8 Å². The Kier molecular flexibility index (Phi) is 10.9. The molecule has 1 saturated carbocycles. The van der Waals surface area contributed by atoms with Gasteiger partial charge in [-0.2, -0.15) is 15.6 Å². The number of carbonyl (C=O) groups excluding carboxylic acids is 3. The molecule has 0 bridgehead atoms. The number of alkyl carbamates (subject to hydrolysis) is 1. The standard InChI is InChI=1S/C41H43N7O7/c1-40(2,3)55-39(54)45-32-10-8-6-4-5-7-9-29-20-41(29,38(52)53)46-35(49)33-19-30(24-47(33)36(32)50)48-37(51)34(28-17-13-26(22-43)14-18-28)31(23-44-48)27-15-11-25(21-42)12-16-27/h7,9,11-18,23,29-30,32-33H,4-6,8,10,19-20,24H2,1-3H3,(H,45,54)(H,46,49)(H,52,53)/b9-7-/t29-,30+,32+,33+,41-/m1/s1. The van der Waals surface area contributed by atoms with Crippen LogP contribution < -0.4 is 16.2 Å². The zero-order chi connectivity index (χ0) is 39.5. The van der Waals surface area contributed by atoms with Crippen molar-refractivity contribution < 1.29 is 29.0 Å². The number of amides is 3. The van der Waals surface area contributed by atoms with Crippen LogP contribution in [0, 0.1) is 28.6 Å². The Labute approximate surface area is 318 Å². The summed E-state index contributed by atoms with van der Waals surface area (Å²) in [5.74, 6) is -2.85. The van der Waals surface area contributed by atoms with E-state index in [0.717, 1.165) is 12.8 Å². The molecule has 6 rings (SSSR count). The van der Waals surface area contributed by atoms with Gasteiger partial charge in [0.15, 0.2) is 0 Å². The molecule has 3 aromatic rings. The number of aromatic nitrogens is 2. The van der Waals surface area contributed by atoms with Crippen molar-refractivity contribution in [3.63, 3.8) is 0 Å². The lowest BCUT2D eigenvalue weighted by Gasteiger charge is -2.30. The van der Waals surface area contributed by atoms with Crippen molar-refractivity contribution in [1.29, 1.82) is 10.5 Å². The van der Waals surface area contributed by atoms with Crippen LogP contribution in [0.4, 0.5) is 4.79 Å². The Morgan fingerprint density at radius 1 is 0.982 bits per heavy atom. The number of nitrogens with zero attached hydrogens (tertiary/aromatic N) is 5. The van der Waals surface area contributed by atoms with Crippen LogP contribution in [0.3, 0.4) is 0 Å². The highest BCUT2D eigenvalue weighted by atomic mass is 16.6. The summed E-state index contributed by atoms with van der Waals surface area (Å²) < 4.78 is 6.71. The van der Waals surface area contributed by atoms with Crippen LogP contribution in [0.15, 0.2) is 71.7 Å². The number of carbonyl (C=O) groups is 4. The number of nitriles is 2. The Morgan fingerprint density at radius 3 is 2.25 bits per heavy atom. The molecule has 0 spiro atoms. The average Bonchev–Trinajstić information content (AvgIpc) is 3.67. The largest absolute Gasteiger partial charge is 0.479 e. The number of ether oxygens (including phenoxy) is 1. The molecule has 55 heavy (non-hydrogen) atoms. The fourth-order valence-electron chi connectivity index (χ4n) is 7.37. The lowest BCUT2D eigenvalue weighted by Crippen LogP contribution is -2.56. The van der Waals surface area contributed by atoms with E-state index in [-0.39, 0.29) is 31.4 Å². The lowest BCUT2D eigenvalue weighted by atomic mass is 9.96. The highest BCUT2D eigenvalue weighted by molar-refractivity contribution is 5.96. The molecule has 2 aliphatic heterocycles. The van der Waals surface area contributed by atoms with Crippen LogP contribution in [0.25, 0.3) is 22.3 Å². The molecule has 2 fully saturated rings. The van der Waals surface area contributed by atoms with Gasteiger partial charge in [0, 0.05) is 24.4 Å². The van der Waals surface area contributed by atoms with Crippen LogP contribution in [-0.2, 0) is 19.1 Å². The van der Waals surface area contributed by atoms with Gasteiger partial charge in [-0.15, -0.1) is 0 Å². The van der Waals surface area contributed by atoms with Gasteiger partial charge >= 0.3 is 12.1 Å². The van der Waals surface area contributed by atoms with E-state index in [9.17, 15) is 39.6 Å². The molecule has 3 N–H and O–H groups in total. The number of rotatable bonds is 5. The summed E-state index contributed by atoms with van der Waals surface area (Å²) in [5, 5.41) is 39.0. The van der Waals surface area contributed by atoms with Gasteiger partial charge in [0.05, 0.1) is 41.1 Å². The lowest BCUT2D eigenvalue weighted by molar-refractivity contribution is -0.145. The number of benzene rings is 2. The number of nitrogens with one attached hydrogen (secondary N) is 2. The maximum Gasteiger partial charge on any atom is 0.408 e. The van der Waals surface area contributed by atoms with Gasteiger partial charge in [-0.05, 0) is 81.8 Å². The maximum atomic E-state index is 14.6. The maximum absolute atomic E-state index is 14.6. The second-order valence-electron chi connectivity index (χ2n) is 15.3. The molecule has 3 amide bonds. The smallest absolute Gasteiger partial charge is 0.408 e. The first kappa shape index (κ1) is 38.4. The molecule has 1 aromatic heterocycles. The topological polar surface area (TPSA) is 208 Å². The van der Waals surface area contributed by atoms with Gasteiger partial charge in [-0.1, -0.05) is 49.3 Å². The van der Waals surface area contributed by atoms with Crippen LogP contribution in [-0.4, -0.2) is 73.4 Å². The molecule has 5 atom stereocenters. The van der Waals surface area contributed by atoms with Crippen molar-refractivity contribution in [2.45, 2.75) is 95.0 Å². The van der Waals surface area contributed by atoms with E-state index in [0.29, 0.717) is 40.7 Å². The normalized spacial score (nSPS) is 24.7. The Bertz CT molecular complexity index is 2160. The molecule has 1 saturated heterocycles. The van der Waals surface area contributed by atoms with Crippen LogP contribution >= 0.6 is 0 Å². The summed E-state index contributed by atoms with van der Waals surface area (Å²) in [6, 6.07) is 14.2. The van der Waals surface area contributed by atoms with Crippen LogP contribution in [0.5, 0.6) is 0 Å². The first-order valence-electron chi connectivity index (χ1n) is 18.4. The molecule has 0 unspecified atom stereocenters. The predicted molar refractivity (Wildman–Crippen MR) is 200 cm³/mol. The zero-order valence-electron chi connectivity index (χ0n) is 30.9. The van der Waals surface area contributed by atoms with Gasteiger partial charge in [0.2, 0.25) is 11.8 Å². The summed E-state index contributed by atoms with van der Waals surface area (Å²) in [6.45, 7) is 4.98. The number of carboxylic acids is 1. The zero-order valence-corrected chi connectivity index (χ0v) is 30.9. The van der Waals surface area contributed by atoms with Gasteiger partial charge in [0.25, 0.3) is 5.56 Å². The molecule has 3 aliphatic rings. The number of aliphatic carboxylic acids is 1. The Morgan fingerprint density at radius 2 is 1.64 bits per heavy atom. The van der Waals surface area contributed by atoms with Crippen molar-refractivity contribution in [3.05, 3.63) is 88.4 Å². The quantitative estimate of drug-likeness (QED) is 0.303. The monoisotopic (exact) mass is 745 g/mol. The first-order chi connectivity index (χ1) is 26.2. The molecular formula is C41H43N7O7. The summed E-state index contributed by atoms with van der Waals surface area (Å²) in [4.78, 5) is 70.2. The number of carboxylic acid groups (broad SMARTS) is 1. The van der Waals surface area contributed by atoms with Crippen molar-refractivity contribution in [3.8, 4) is 34.4 Å². The molecule has 2 aromatic carbocycles. The highest BCUT2D eigenvalue weighted by Crippen LogP contribution is 2.45. The van der Waals surface area contributed by atoms with Gasteiger partial charge < -0.3 is 25.4 Å². The van der Waals surface area contributed by atoms with Gasteiger partial charge in [-0.3, -0.25) is 14.4 Å². The first-order valence-corrected chi connectivity index (χ1v) is 18.4. The third-order valence-electron chi connectivity index (χ3n) is 10.3. The summed E-state index contributed by atoms with van der Waals surface area (Å²) in [5.41, 5.74) is -0.229. The fraction of sp³-hybridized carbons (Fsp3) is 0.415. The Hall–Kier alpha value is -6.28. The molecular weight excluding hydrogens is 702 g/mol. The molecule has 0 radical (unpaired) electrons. The van der Waals surface area contributed by atoms with Crippen LogP contribution in [0.2, 0.25) is 0 Å². The third-order valence-corrected chi connectivity index (χ3v) is 10.3. The van der Waals surface area contributed by atoms with Crippen LogP contribution in [0.1, 0.15) is 82.9 Å².